The van der Waals surface area contributed by atoms with E-state index in [1.807, 2.05) is 13.0 Å². The van der Waals surface area contributed by atoms with Gasteiger partial charge in [0.15, 0.2) is 9.99 Å². The molecule has 0 spiro atoms. The maximum atomic E-state index is 12.1. The van der Waals surface area contributed by atoms with Gasteiger partial charge in [0.2, 0.25) is 0 Å². The molecule has 7 heteroatoms. The standard InChI is InChI=1S/C9H8F2N2OS2/c1-5-2-6-8(12-3-5)13-9(15-6)16(14)4-7(10)11/h2-3,7H,4H2,1H3. The van der Waals surface area contributed by atoms with Gasteiger partial charge in [-0.1, -0.05) is 0 Å². The Labute approximate surface area is 97.0 Å². The van der Waals surface area contributed by atoms with E-state index in [0.717, 1.165) is 21.6 Å². The van der Waals surface area contributed by atoms with Crippen LogP contribution in [0, 0.1) is 6.92 Å². The maximum Gasteiger partial charge on any atom is 0.250 e. The first kappa shape index (κ1) is 11.5. The highest BCUT2D eigenvalue weighted by molar-refractivity contribution is 7.87. The van der Waals surface area contributed by atoms with Crippen LogP contribution >= 0.6 is 11.3 Å². The van der Waals surface area contributed by atoms with Gasteiger partial charge in [-0.05, 0) is 18.6 Å². The zero-order valence-corrected chi connectivity index (χ0v) is 9.95. The summed E-state index contributed by atoms with van der Waals surface area (Å²) < 4.78 is 36.6. The van der Waals surface area contributed by atoms with Gasteiger partial charge in [-0.3, -0.25) is 4.21 Å². The van der Waals surface area contributed by atoms with Crippen molar-refractivity contribution in [1.82, 2.24) is 9.97 Å². The lowest BCUT2D eigenvalue weighted by molar-refractivity contribution is 0.175. The van der Waals surface area contributed by atoms with E-state index in [9.17, 15) is 13.0 Å². The van der Waals surface area contributed by atoms with Crippen LogP contribution < -0.4 is 0 Å². The maximum absolute atomic E-state index is 12.1. The molecule has 1 atom stereocenters. The van der Waals surface area contributed by atoms with Crippen molar-refractivity contribution in [3.05, 3.63) is 17.8 Å². The molecule has 0 saturated carbocycles. The van der Waals surface area contributed by atoms with Crippen molar-refractivity contribution in [2.75, 3.05) is 5.75 Å². The summed E-state index contributed by atoms with van der Waals surface area (Å²) in [7, 11) is -1.74. The number of halogens is 2. The van der Waals surface area contributed by atoms with Gasteiger partial charge < -0.3 is 0 Å². The molecule has 0 radical (unpaired) electrons. The molecule has 0 aliphatic rings. The monoisotopic (exact) mass is 262 g/mol. The molecule has 0 saturated heterocycles. The van der Waals surface area contributed by atoms with Crippen molar-refractivity contribution in [1.29, 1.82) is 0 Å². The summed E-state index contributed by atoms with van der Waals surface area (Å²) in [5, 5.41) is 0. The Hall–Kier alpha value is -0.950. The van der Waals surface area contributed by atoms with Crippen LogP contribution in [0.15, 0.2) is 16.6 Å². The SMILES string of the molecule is Cc1cnc2nc(S(=O)CC(F)F)sc2c1. The van der Waals surface area contributed by atoms with Gasteiger partial charge in [0.05, 0.1) is 21.3 Å². The second-order valence-electron chi connectivity index (χ2n) is 3.22. The van der Waals surface area contributed by atoms with E-state index in [-0.39, 0.29) is 4.34 Å². The topological polar surface area (TPSA) is 42.9 Å². The van der Waals surface area contributed by atoms with Gasteiger partial charge in [-0.15, -0.1) is 11.3 Å². The second-order valence-corrected chi connectivity index (χ2v) is 5.92. The van der Waals surface area contributed by atoms with Crippen molar-refractivity contribution in [3.63, 3.8) is 0 Å². The predicted molar refractivity (Wildman–Crippen MR) is 59.4 cm³/mol. The first-order chi connectivity index (χ1) is 7.56. The third kappa shape index (κ3) is 2.41. The fraction of sp³-hybridized carbons (Fsp3) is 0.333. The second kappa shape index (κ2) is 4.50. The van der Waals surface area contributed by atoms with Crippen molar-refractivity contribution in [2.24, 2.45) is 0 Å². The number of pyridine rings is 1. The third-order valence-electron chi connectivity index (χ3n) is 1.84. The van der Waals surface area contributed by atoms with Crippen LogP contribution in [0.5, 0.6) is 0 Å². The van der Waals surface area contributed by atoms with Gasteiger partial charge in [-0.2, -0.15) is 0 Å². The summed E-state index contributed by atoms with van der Waals surface area (Å²) >= 11 is 1.15. The smallest absolute Gasteiger partial charge is 0.250 e. The summed E-state index contributed by atoms with van der Waals surface area (Å²) in [6, 6.07) is 1.85. The number of aromatic nitrogens is 2. The van der Waals surface area contributed by atoms with Gasteiger partial charge in [0.25, 0.3) is 6.43 Å². The fourth-order valence-corrected chi connectivity index (χ4v) is 3.34. The molecule has 0 N–H and O–H groups in total. The molecule has 1 unspecified atom stereocenters. The Balaban J connectivity index is 2.36. The highest BCUT2D eigenvalue weighted by Gasteiger charge is 2.16. The highest BCUT2D eigenvalue weighted by atomic mass is 32.2. The minimum atomic E-state index is -2.58. The predicted octanol–water partition coefficient (Wildman–Crippen LogP) is 2.37. The van der Waals surface area contributed by atoms with E-state index in [4.69, 9.17) is 0 Å². The highest BCUT2D eigenvalue weighted by Crippen LogP contribution is 2.24. The normalized spacial score (nSPS) is 13.5. The Morgan fingerprint density at radius 1 is 1.56 bits per heavy atom. The molecular formula is C9H8F2N2OS2. The van der Waals surface area contributed by atoms with E-state index >= 15 is 0 Å². The van der Waals surface area contributed by atoms with E-state index in [0.29, 0.717) is 5.65 Å². The first-order valence-electron chi connectivity index (χ1n) is 4.46. The Kier molecular flexibility index (Phi) is 3.25. The van der Waals surface area contributed by atoms with E-state index in [2.05, 4.69) is 9.97 Å². The van der Waals surface area contributed by atoms with Crippen molar-refractivity contribution in [2.45, 2.75) is 17.7 Å². The lowest BCUT2D eigenvalue weighted by Crippen LogP contribution is -2.06. The van der Waals surface area contributed by atoms with Crippen molar-refractivity contribution in [3.8, 4) is 0 Å². The summed E-state index contributed by atoms with van der Waals surface area (Å²) in [6.07, 6.45) is -0.940. The largest absolute Gasteiger partial charge is 0.252 e. The molecule has 0 aromatic carbocycles. The molecule has 2 aromatic heterocycles. The molecule has 16 heavy (non-hydrogen) atoms. The average Bonchev–Trinajstić information content (AvgIpc) is 2.59. The molecule has 0 fully saturated rings. The molecule has 3 nitrogen and oxygen atoms in total. The number of nitrogens with zero attached hydrogens (tertiary/aromatic N) is 2. The number of hydrogen-bond donors (Lipinski definition) is 0. The van der Waals surface area contributed by atoms with Crippen molar-refractivity contribution >= 4 is 32.5 Å². The molecule has 0 aliphatic carbocycles. The molecular weight excluding hydrogens is 254 g/mol. The number of alkyl halides is 2. The zero-order chi connectivity index (χ0) is 11.7. The molecule has 86 valence electrons. The van der Waals surface area contributed by atoms with Crippen LogP contribution in [0.1, 0.15) is 5.56 Å². The Morgan fingerprint density at radius 2 is 2.31 bits per heavy atom. The fourth-order valence-electron chi connectivity index (χ4n) is 1.18. The third-order valence-corrected chi connectivity index (χ3v) is 4.47. The molecule has 0 amide bonds. The Bertz CT molecular complexity index is 541. The van der Waals surface area contributed by atoms with Crippen LogP contribution in [-0.2, 0) is 10.8 Å². The molecule has 2 rings (SSSR count). The number of hydrogen-bond acceptors (Lipinski definition) is 4. The van der Waals surface area contributed by atoms with E-state index in [1.165, 1.54) is 0 Å². The Morgan fingerprint density at radius 3 is 3.00 bits per heavy atom. The molecule has 0 bridgehead atoms. The minimum Gasteiger partial charge on any atom is -0.252 e. The number of thiazole rings is 1. The lowest BCUT2D eigenvalue weighted by Gasteiger charge is -1.94. The summed E-state index contributed by atoms with van der Waals surface area (Å²) in [5.41, 5.74) is 1.43. The summed E-state index contributed by atoms with van der Waals surface area (Å²) in [6.45, 7) is 1.88. The van der Waals surface area contributed by atoms with Crippen LogP contribution in [-0.4, -0.2) is 26.4 Å². The van der Waals surface area contributed by atoms with E-state index in [1.54, 1.807) is 6.20 Å². The number of rotatable bonds is 3. The van der Waals surface area contributed by atoms with Gasteiger partial charge >= 0.3 is 0 Å². The van der Waals surface area contributed by atoms with Crippen LogP contribution in [0.3, 0.4) is 0 Å². The first-order valence-corrected chi connectivity index (χ1v) is 6.59. The zero-order valence-electron chi connectivity index (χ0n) is 8.31. The number of aryl methyl sites for hydroxylation is 1. The number of fused-ring (bicyclic) bond motifs is 1. The molecule has 2 heterocycles. The molecule has 2 aromatic rings. The quantitative estimate of drug-likeness (QED) is 0.853. The van der Waals surface area contributed by atoms with Gasteiger partial charge in [-0.25, -0.2) is 18.7 Å². The van der Waals surface area contributed by atoms with Crippen molar-refractivity contribution < 1.29 is 13.0 Å². The lowest BCUT2D eigenvalue weighted by atomic mass is 10.3. The molecule has 0 aliphatic heterocycles. The van der Waals surface area contributed by atoms with Crippen LogP contribution in [0.2, 0.25) is 0 Å². The van der Waals surface area contributed by atoms with Crippen LogP contribution in [0.25, 0.3) is 10.3 Å². The summed E-state index contributed by atoms with van der Waals surface area (Å²) in [5.74, 6) is -0.668. The van der Waals surface area contributed by atoms with Crippen LogP contribution in [0.4, 0.5) is 8.78 Å². The summed E-state index contributed by atoms with van der Waals surface area (Å²) in [4.78, 5) is 8.02. The van der Waals surface area contributed by atoms with Gasteiger partial charge in [0.1, 0.15) is 0 Å². The van der Waals surface area contributed by atoms with Gasteiger partial charge in [0, 0.05) is 6.20 Å². The van der Waals surface area contributed by atoms with E-state index < -0.39 is 23.0 Å². The average molecular weight is 262 g/mol. The minimum absolute atomic E-state index is 0.216.